The minimum Gasteiger partial charge on any atom is -0.484 e. The molecular weight excluding hydrogens is 486 g/mol. The van der Waals surface area contributed by atoms with E-state index < -0.39 is 9.84 Å². The van der Waals surface area contributed by atoms with Crippen molar-refractivity contribution >= 4 is 33.0 Å². The van der Waals surface area contributed by atoms with Gasteiger partial charge in [0.1, 0.15) is 5.75 Å². The van der Waals surface area contributed by atoms with E-state index in [-0.39, 0.29) is 34.2 Å². The van der Waals surface area contributed by atoms with Gasteiger partial charge in [0, 0.05) is 26.2 Å². The van der Waals surface area contributed by atoms with Crippen LogP contribution in [0, 0.1) is 0 Å². The van der Waals surface area contributed by atoms with E-state index in [2.05, 4.69) is 4.98 Å². The lowest BCUT2D eigenvalue weighted by molar-refractivity contribution is -0.133. The summed E-state index contributed by atoms with van der Waals surface area (Å²) < 4.78 is 38.5. The maximum absolute atomic E-state index is 13.4. The van der Waals surface area contributed by atoms with Crippen molar-refractivity contribution in [1.29, 1.82) is 0 Å². The van der Waals surface area contributed by atoms with Crippen LogP contribution in [0.2, 0.25) is 0 Å². The van der Waals surface area contributed by atoms with Crippen molar-refractivity contribution in [3.05, 3.63) is 78.2 Å². The molecule has 0 radical (unpaired) electrons. The number of rotatable bonds is 7. The summed E-state index contributed by atoms with van der Waals surface area (Å²) >= 11 is 1.42. The van der Waals surface area contributed by atoms with Gasteiger partial charge in [-0.15, -0.1) is 11.3 Å². The molecule has 35 heavy (non-hydrogen) atoms. The third-order valence-corrected chi connectivity index (χ3v) is 8.17. The fraction of sp³-hybridized carbons (Fsp3) is 0.200. The van der Waals surface area contributed by atoms with Crippen molar-refractivity contribution in [2.75, 3.05) is 37.7 Å². The maximum atomic E-state index is 13.4. The highest BCUT2D eigenvalue weighted by atomic mass is 32.2. The molecule has 0 N–H and O–H groups in total. The minimum atomic E-state index is -3.90. The van der Waals surface area contributed by atoms with Gasteiger partial charge in [0.2, 0.25) is 26.6 Å². The van der Waals surface area contributed by atoms with Crippen LogP contribution in [0.4, 0.5) is 5.88 Å². The van der Waals surface area contributed by atoms with Crippen LogP contribution in [0.25, 0.3) is 10.8 Å². The standard InChI is InChI=1S/C25H23N3O5S2/c29-22(18-32-19-8-3-1-4-9-19)27-13-15-28(16-14-27)25-24(26-23(33-25)21-12-7-17-34-21)35(30,31)20-10-5-2-6-11-20/h1-12,17H,13-16,18H2. The number of carbonyl (C=O) groups excluding carboxylic acids is 1. The Labute approximate surface area is 207 Å². The average molecular weight is 510 g/mol. The van der Waals surface area contributed by atoms with Crippen LogP contribution in [0.3, 0.4) is 0 Å². The number of sulfone groups is 1. The largest absolute Gasteiger partial charge is 0.484 e. The molecule has 1 amide bonds. The number of ether oxygens (including phenoxy) is 1. The van der Waals surface area contributed by atoms with Gasteiger partial charge in [0.05, 0.1) is 9.77 Å². The minimum absolute atomic E-state index is 0.0531. The zero-order chi connectivity index (χ0) is 24.3. The summed E-state index contributed by atoms with van der Waals surface area (Å²) in [5.41, 5.74) is 0. The van der Waals surface area contributed by atoms with Crippen molar-refractivity contribution in [1.82, 2.24) is 9.88 Å². The van der Waals surface area contributed by atoms with E-state index in [0.717, 1.165) is 4.88 Å². The Morgan fingerprint density at radius 3 is 2.29 bits per heavy atom. The molecule has 3 heterocycles. The molecule has 0 atom stereocenters. The number of para-hydroxylation sites is 1. The van der Waals surface area contributed by atoms with E-state index in [4.69, 9.17) is 9.15 Å². The zero-order valence-corrected chi connectivity index (χ0v) is 20.4. The van der Waals surface area contributed by atoms with E-state index in [9.17, 15) is 13.2 Å². The molecule has 180 valence electrons. The highest BCUT2D eigenvalue weighted by Crippen LogP contribution is 2.36. The summed E-state index contributed by atoms with van der Waals surface area (Å²) in [6.07, 6.45) is 0. The Balaban J connectivity index is 1.35. The first-order chi connectivity index (χ1) is 17.0. The number of hydrogen-bond donors (Lipinski definition) is 0. The van der Waals surface area contributed by atoms with Crippen molar-refractivity contribution in [2.45, 2.75) is 9.92 Å². The van der Waals surface area contributed by atoms with Gasteiger partial charge < -0.3 is 19.0 Å². The van der Waals surface area contributed by atoms with E-state index in [1.807, 2.05) is 40.6 Å². The van der Waals surface area contributed by atoms with Gasteiger partial charge in [-0.2, -0.15) is 4.98 Å². The maximum Gasteiger partial charge on any atom is 0.260 e. The topological polar surface area (TPSA) is 92.9 Å². The quantitative estimate of drug-likeness (QED) is 0.372. The number of carbonyl (C=O) groups is 1. The molecule has 0 aliphatic carbocycles. The number of anilines is 1. The summed E-state index contributed by atoms with van der Waals surface area (Å²) in [5, 5.41) is 1.77. The third kappa shape index (κ3) is 4.94. The normalized spacial score (nSPS) is 14.2. The lowest BCUT2D eigenvalue weighted by atomic mass is 10.3. The van der Waals surface area contributed by atoms with Crippen molar-refractivity contribution in [2.24, 2.45) is 0 Å². The lowest BCUT2D eigenvalue weighted by Gasteiger charge is -2.34. The molecule has 1 saturated heterocycles. The first-order valence-electron chi connectivity index (χ1n) is 11.1. The number of oxazole rings is 1. The van der Waals surface area contributed by atoms with Crippen LogP contribution in [-0.4, -0.2) is 57.0 Å². The number of piperazine rings is 1. The molecule has 5 rings (SSSR count). The van der Waals surface area contributed by atoms with Crippen molar-refractivity contribution in [3.8, 4) is 16.5 Å². The summed E-state index contributed by atoms with van der Waals surface area (Å²) in [6.45, 7) is 1.59. The third-order valence-electron chi connectivity index (χ3n) is 5.64. The fourth-order valence-corrected chi connectivity index (χ4v) is 5.79. The molecule has 0 bridgehead atoms. The summed E-state index contributed by atoms with van der Waals surface area (Å²) in [7, 11) is -3.90. The first kappa shape index (κ1) is 23.1. The summed E-state index contributed by atoms with van der Waals surface area (Å²) in [6, 6.07) is 21.1. The SMILES string of the molecule is O=C(COc1ccccc1)N1CCN(c2oc(-c3cccs3)nc2S(=O)(=O)c2ccccc2)CC1. The van der Waals surface area contributed by atoms with Gasteiger partial charge in [0.25, 0.3) is 5.91 Å². The van der Waals surface area contributed by atoms with E-state index in [1.54, 1.807) is 47.4 Å². The van der Waals surface area contributed by atoms with E-state index >= 15 is 0 Å². The number of thiophene rings is 1. The molecule has 0 saturated carbocycles. The average Bonchev–Trinajstić information content (AvgIpc) is 3.59. The molecule has 2 aromatic carbocycles. The van der Waals surface area contributed by atoms with Gasteiger partial charge in [-0.1, -0.05) is 42.5 Å². The molecule has 1 fully saturated rings. The van der Waals surface area contributed by atoms with Gasteiger partial charge in [0.15, 0.2) is 6.61 Å². The highest BCUT2D eigenvalue weighted by molar-refractivity contribution is 7.91. The zero-order valence-electron chi connectivity index (χ0n) is 18.7. The predicted octanol–water partition coefficient (Wildman–Crippen LogP) is 3.96. The van der Waals surface area contributed by atoms with Crippen molar-refractivity contribution in [3.63, 3.8) is 0 Å². The van der Waals surface area contributed by atoms with Gasteiger partial charge >= 0.3 is 0 Å². The second-order valence-corrected chi connectivity index (χ2v) is 10.7. The molecule has 0 unspecified atom stereocenters. The van der Waals surface area contributed by atoms with Crippen LogP contribution in [0.5, 0.6) is 5.75 Å². The Morgan fingerprint density at radius 1 is 0.943 bits per heavy atom. The van der Waals surface area contributed by atoms with Crippen LogP contribution in [0.1, 0.15) is 0 Å². The summed E-state index contributed by atoms with van der Waals surface area (Å²) in [4.78, 5) is 21.5. The van der Waals surface area contributed by atoms with E-state index in [0.29, 0.717) is 31.9 Å². The Bertz CT molecular complexity index is 1380. The summed E-state index contributed by atoms with van der Waals surface area (Å²) in [5.74, 6) is 0.977. The second kappa shape index (κ2) is 9.93. The van der Waals surface area contributed by atoms with Crippen LogP contribution >= 0.6 is 11.3 Å². The molecule has 2 aromatic heterocycles. The molecule has 4 aromatic rings. The van der Waals surface area contributed by atoms with Crippen LogP contribution in [0.15, 0.2) is 92.5 Å². The Hall–Kier alpha value is -3.63. The van der Waals surface area contributed by atoms with Gasteiger partial charge in [-0.3, -0.25) is 4.79 Å². The fourth-order valence-electron chi connectivity index (χ4n) is 3.80. The lowest BCUT2D eigenvalue weighted by Crippen LogP contribution is -2.50. The monoisotopic (exact) mass is 509 g/mol. The van der Waals surface area contributed by atoms with Gasteiger partial charge in [-0.05, 0) is 35.7 Å². The predicted molar refractivity (Wildman–Crippen MR) is 132 cm³/mol. The number of amides is 1. The molecule has 1 aliphatic heterocycles. The molecular formula is C25H23N3O5S2. The van der Waals surface area contributed by atoms with Crippen LogP contribution < -0.4 is 9.64 Å². The van der Waals surface area contributed by atoms with Crippen molar-refractivity contribution < 1.29 is 22.4 Å². The van der Waals surface area contributed by atoms with Crippen LogP contribution in [-0.2, 0) is 14.6 Å². The Kier molecular flexibility index (Phi) is 6.56. The molecule has 0 spiro atoms. The highest BCUT2D eigenvalue weighted by Gasteiger charge is 2.33. The molecule has 10 heteroatoms. The number of benzene rings is 2. The molecule has 1 aliphatic rings. The smallest absolute Gasteiger partial charge is 0.260 e. The van der Waals surface area contributed by atoms with Gasteiger partial charge in [-0.25, -0.2) is 8.42 Å². The van der Waals surface area contributed by atoms with E-state index in [1.165, 1.54) is 11.3 Å². The number of hydrogen-bond acceptors (Lipinski definition) is 8. The Morgan fingerprint density at radius 2 is 1.63 bits per heavy atom. The molecule has 8 nitrogen and oxygen atoms in total. The number of aromatic nitrogens is 1. The second-order valence-electron chi connectivity index (χ2n) is 7.89. The number of nitrogens with zero attached hydrogens (tertiary/aromatic N) is 3. The first-order valence-corrected chi connectivity index (χ1v) is 13.4.